The topological polar surface area (TPSA) is 67.4 Å². The summed E-state index contributed by atoms with van der Waals surface area (Å²) in [5.74, 6) is 0.651. The Morgan fingerprint density at radius 3 is 2.67 bits per heavy atom. The Hall–Kier alpha value is -2.63. The standard InChI is InChI=1S/C18H22N4O2/c23-18(21-12-6-15-4-10-19-11-5-15)22-13-7-16(8-14-22)24-17-3-1-2-9-20-17/h1-5,9-11,16H,6-8,12-14H2,(H,21,23). The van der Waals surface area contributed by atoms with Crippen molar-refractivity contribution in [3.8, 4) is 5.88 Å². The molecular formula is C18H22N4O2. The molecule has 0 spiro atoms. The monoisotopic (exact) mass is 326 g/mol. The molecule has 24 heavy (non-hydrogen) atoms. The Balaban J connectivity index is 1.37. The molecule has 2 aromatic rings. The molecule has 0 unspecified atom stereocenters. The number of rotatable bonds is 5. The van der Waals surface area contributed by atoms with Gasteiger partial charge < -0.3 is 15.0 Å². The maximum Gasteiger partial charge on any atom is 0.317 e. The van der Waals surface area contributed by atoms with E-state index in [0.29, 0.717) is 25.5 Å². The molecule has 0 atom stereocenters. The number of hydrogen-bond donors (Lipinski definition) is 1. The maximum absolute atomic E-state index is 12.2. The molecule has 1 aliphatic rings. The lowest BCUT2D eigenvalue weighted by molar-refractivity contribution is 0.107. The smallest absolute Gasteiger partial charge is 0.317 e. The molecule has 2 amide bonds. The number of nitrogens with zero attached hydrogens (tertiary/aromatic N) is 3. The van der Waals surface area contributed by atoms with Crippen molar-refractivity contribution >= 4 is 6.03 Å². The van der Waals surface area contributed by atoms with Crippen LogP contribution < -0.4 is 10.1 Å². The van der Waals surface area contributed by atoms with Crippen molar-refractivity contribution in [1.29, 1.82) is 0 Å². The summed E-state index contributed by atoms with van der Waals surface area (Å²) >= 11 is 0. The zero-order chi connectivity index (χ0) is 16.6. The molecule has 126 valence electrons. The predicted molar refractivity (Wildman–Crippen MR) is 90.8 cm³/mol. The average Bonchev–Trinajstić information content (AvgIpc) is 2.64. The zero-order valence-electron chi connectivity index (χ0n) is 13.6. The summed E-state index contributed by atoms with van der Waals surface area (Å²) in [6.45, 7) is 2.05. The van der Waals surface area contributed by atoms with E-state index in [2.05, 4.69) is 15.3 Å². The van der Waals surface area contributed by atoms with Crippen LogP contribution in [0.4, 0.5) is 4.79 Å². The number of ether oxygens (including phenoxy) is 1. The van der Waals surface area contributed by atoms with Crippen molar-refractivity contribution in [2.45, 2.75) is 25.4 Å². The molecule has 0 aromatic carbocycles. The van der Waals surface area contributed by atoms with E-state index in [-0.39, 0.29) is 12.1 Å². The van der Waals surface area contributed by atoms with Crippen LogP contribution in [0.25, 0.3) is 0 Å². The molecule has 0 aliphatic carbocycles. The lowest BCUT2D eigenvalue weighted by Gasteiger charge is -2.31. The van der Waals surface area contributed by atoms with Crippen LogP contribution in [0.5, 0.6) is 5.88 Å². The second kappa shape index (κ2) is 8.29. The highest BCUT2D eigenvalue weighted by Crippen LogP contribution is 2.16. The van der Waals surface area contributed by atoms with Crippen molar-refractivity contribution in [2.75, 3.05) is 19.6 Å². The van der Waals surface area contributed by atoms with Gasteiger partial charge in [0.2, 0.25) is 5.88 Å². The van der Waals surface area contributed by atoms with Crippen LogP contribution in [-0.4, -0.2) is 46.6 Å². The number of piperidine rings is 1. The number of likely N-dealkylation sites (tertiary alicyclic amines) is 1. The second-order valence-electron chi connectivity index (χ2n) is 5.81. The van der Waals surface area contributed by atoms with Crippen LogP contribution in [0.1, 0.15) is 18.4 Å². The fourth-order valence-electron chi connectivity index (χ4n) is 2.74. The van der Waals surface area contributed by atoms with E-state index < -0.39 is 0 Å². The lowest BCUT2D eigenvalue weighted by atomic mass is 10.1. The van der Waals surface area contributed by atoms with Crippen LogP contribution in [0.2, 0.25) is 0 Å². The number of amides is 2. The van der Waals surface area contributed by atoms with Crippen molar-refractivity contribution in [2.24, 2.45) is 0 Å². The first-order chi connectivity index (χ1) is 11.8. The van der Waals surface area contributed by atoms with Gasteiger partial charge in [0.25, 0.3) is 0 Å². The third-order valence-corrected chi connectivity index (χ3v) is 4.09. The number of pyridine rings is 2. The summed E-state index contributed by atoms with van der Waals surface area (Å²) in [7, 11) is 0. The van der Waals surface area contributed by atoms with Crippen molar-refractivity contribution in [1.82, 2.24) is 20.2 Å². The van der Waals surface area contributed by atoms with Crippen molar-refractivity contribution in [3.63, 3.8) is 0 Å². The number of urea groups is 1. The maximum atomic E-state index is 12.2. The van der Waals surface area contributed by atoms with Crippen molar-refractivity contribution < 1.29 is 9.53 Å². The molecular weight excluding hydrogens is 304 g/mol. The molecule has 6 heteroatoms. The lowest BCUT2D eigenvalue weighted by Crippen LogP contribution is -2.46. The molecule has 2 aromatic heterocycles. The van der Waals surface area contributed by atoms with Gasteiger partial charge >= 0.3 is 6.03 Å². The van der Waals surface area contributed by atoms with E-state index in [1.165, 1.54) is 5.56 Å². The highest BCUT2D eigenvalue weighted by Gasteiger charge is 2.23. The highest BCUT2D eigenvalue weighted by atomic mass is 16.5. The Kier molecular flexibility index (Phi) is 5.61. The third-order valence-electron chi connectivity index (χ3n) is 4.09. The SMILES string of the molecule is O=C(NCCc1ccncc1)N1CCC(Oc2ccccn2)CC1. The van der Waals surface area contributed by atoms with Crippen LogP contribution in [0.15, 0.2) is 48.9 Å². The summed E-state index contributed by atoms with van der Waals surface area (Å²) in [5.41, 5.74) is 1.17. The highest BCUT2D eigenvalue weighted by molar-refractivity contribution is 5.74. The van der Waals surface area contributed by atoms with E-state index >= 15 is 0 Å². The number of aromatic nitrogens is 2. The quantitative estimate of drug-likeness (QED) is 0.915. The Labute approximate surface area is 141 Å². The summed E-state index contributed by atoms with van der Waals surface area (Å²) in [6.07, 6.45) is 7.85. The average molecular weight is 326 g/mol. The minimum atomic E-state index is 0.000317. The summed E-state index contributed by atoms with van der Waals surface area (Å²) in [6, 6.07) is 9.57. The predicted octanol–water partition coefficient (Wildman–Crippen LogP) is 2.27. The third kappa shape index (κ3) is 4.68. The first kappa shape index (κ1) is 16.2. The number of carbonyl (C=O) groups is 1. The molecule has 1 fully saturated rings. The minimum absolute atomic E-state index is 0.000317. The largest absolute Gasteiger partial charge is 0.474 e. The van der Waals surface area contributed by atoms with Crippen LogP contribution in [0.3, 0.4) is 0 Å². The van der Waals surface area contributed by atoms with Gasteiger partial charge in [0.15, 0.2) is 0 Å². The number of carbonyl (C=O) groups excluding carboxylic acids is 1. The van der Waals surface area contributed by atoms with Crippen LogP contribution in [0, 0.1) is 0 Å². The minimum Gasteiger partial charge on any atom is -0.474 e. The molecule has 1 saturated heterocycles. The van der Waals surface area contributed by atoms with Gasteiger partial charge in [-0.2, -0.15) is 0 Å². The van der Waals surface area contributed by atoms with Gasteiger partial charge in [-0.1, -0.05) is 6.07 Å². The van der Waals surface area contributed by atoms with E-state index in [0.717, 1.165) is 19.3 Å². The first-order valence-corrected chi connectivity index (χ1v) is 8.30. The number of nitrogens with one attached hydrogen (secondary N) is 1. The molecule has 0 radical (unpaired) electrons. The Morgan fingerprint density at radius 1 is 1.17 bits per heavy atom. The molecule has 3 rings (SSSR count). The van der Waals surface area contributed by atoms with Gasteiger partial charge in [-0.3, -0.25) is 4.98 Å². The zero-order valence-corrected chi connectivity index (χ0v) is 13.6. The normalized spacial score (nSPS) is 15.1. The summed E-state index contributed by atoms with van der Waals surface area (Å²) in [4.78, 5) is 22.2. The van der Waals surface area contributed by atoms with Crippen LogP contribution >= 0.6 is 0 Å². The summed E-state index contributed by atoms with van der Waals surface area (Å²) in [5, 5.41) is 2.98. The van der Waals surface area contributed by atoms with Gasteiger partial charge in [-0.05, 0) is 30.2 Å². The molecule has 0 bridgehead atoms. The van der Waals surface area contributed by atoms with E-state index in [9.17, 15) is 4.79 Å². The summed E-state index contributed by atoms with van der Waals surface area (Å²) < 4.78 is 5.85. The Bertz CT molecular complexity index is 628. The molecule has 1 N–H and O–H groups in total. The van der Waals surface area contributed by atoms with E-state index in [1.54, 1.807) is 18.6 Å². The first-order valence-electron chi connectivity index (χ1n) is 8.30. The Morgan fingerprint density at radius 2 is 1.96 bits per heavy atom. The molecule has 6 nitrogen and oxygen atoms in total. The fraction of sp³-hybridized carbons (Fsp3) is 0.389. The van der Waals surface area contributed by atoms with Crippen LogP contribution in [-0.2, 0) is 6.42 Å². The van der Waals surface area contributed by atoms with Gasteiger partial charge in [0.1, 0.15) is 6.10 Å². The van der Waals surface area contributed by atoms with E-state index in [1.807, 2.05) is 35.2 Å². The molecule has 3 heterocycles. The van der Waals surface area contributed by atoms with Gasteiger partial charge in [0.05, 0.1) is 0 Å². The van der Waals surface area contributed by atoms with Crippen molar-refractivity contribution in [3.05, 3.63) is 54.5 Å². The van der Waals surface area contributed by atoms with Gasteiger partial charge in [-0.25, -0.2) is 9.78 Å². The number of hydrogen-bond acceptors (Lipinski definition) is 4. The van der Waals surface area contributed by atoms with Gasteiger partial charge in [0, 0.05) is 57.1 Å². The second-order valence-corrected chi connectivity index (χ2v) is 5.81. The fourth-order valence-corrected chi connectivity index (χ4v) is 2.74. The molecule has 0 saturated carbocycles. The molecule has 1 aliphatic heterocycles. The van der Waals surface area contributed by atoms with E-state index in [4.69, 9.17) is 4.74 Å². The van der Waals surface area contributed by atoms with Gasteiger partial charge in [-0.15, -0.1) is 0 Å².